The van der Waals surface area contributed by atoms with Crippen LogP contribution in [0.5, 0.6) is 0 Å². The lowest BCUT2D eigenvalue weighted by atomic mass is 10.3. The third-order valence-electron chi connectivity index (χ3n) is 2.47. The van der Waals surface area contributed by atoms with Gasteiger partial charge in [0.15, 0.2) is 0 Å². The summed E-state index contributed by atoms with van der Waals surface area (Å²) in [4.78, 5) is 11.5. The SMILES string of the molecule is O=C(CCNC1CC1)Nc1cccc(F)c1. The Kier molecular flexibility index (Phi) is 3.51. The van der Waals surface area contributed by atoms with Crippen molar-refractivity contribution in [2.75, 3.05) is 11.9 Å². The van der Waals surface area contributed by atoms with Crippen LogP contribution < -0.4 is 10.6 Å². The normalized spacial score (nSPS) is 14.8. The minimum Gasteiger partial charge on any atom is -0.326 e. The zero-order valence-corrected chi connectivity index (χ0v) is 9.00. The van der Waals surface area contributed by atoms with Crippen LogP contribution in [-0.2, 0) is 4.79 Å². The molecule has 0 saturated heterocycles. The molecule has 2 rings (SSSR count). The number of nitrogens with one attached hydrogen (secondary N) is 2. The maximum atomic E-state index is 12.8. The highest BCUT2D eigenvalue weighted by Crippen LogP contribution is 2.18. The molecule has 0 aliphatic heterocycles. The smallest absolute Gasteiger partial charge is 0.225 e. The molecule has 1 aromatic carbocycles. The topological polar surface area (TPSA) is 41.1 Å². The van der Waals surface area contributed by atoms with Crippen molar-refractivity contribution in [2.45, 2.75) is 25.3 Å². The predicted molar refractivity (Wildman–Crippen MR) is 60.7 cm³/mol. The van der Waals surface area contributed by atoms with Crippen molar-refractivity contribution in [3.05, 3.63) is 30.1 Å². The first-order valence-corrected chi connectivity index (χ1v) is 5.53. The second-order valence-electron chi connectivity index (χ2n) is 4.04. The van der Waals surface area contributed by atoms with Crippen molar-refractivity contribution >= 4 is 11.6 Å². The molecule has 3 nitrogen and oxygen atoms in total. The third kappa shape index (κ3) is 3.62. The molecule has 0 radical (unpaired) electrons. The van der Waals surface area contributed by atoms with Gasteiger partial charge in [0.2, 0.25) is 5.91 Å². The van der Waals surface area contributed by atoms with E-state index in [0.717, 1.165) is 0 Å². The lowest BCUT2D eigenvalue weighted by molar-refractivity contribution is -0.116. The van der Waals surface area contributed by atoms with Crippen molar-refractivity contribution in [3.8, 4) is 0 Å². The second kappa shape index (κ2) is 5.07. The fourth-order valence-electron chi connectivity index (χ4n) is 1.47. The molecule has 1 amide bonds. The summed E-state index contributed by atoms with van der Waals surface area (Å²) in [5.41, 5.74) is 0.511. The molecule has 0 unspecified atom stereocenters. The molecule has 0 aromatic heterocycles. The molecular formula is C12H15FN2O. The fraction of sp³-hybridized carbons (Fsp3) is 0.417. The van der Waals surface area contributed by atoms with Gasteiger partial charge in [-0.05, 0) is 31.0 Å². The molecule has 1 saturated carbocycles. The minimum atomic E-state index is -0.339. The molecule has 16 heavy (non-hydrogen) atoms. The van der Waals surface area contributed by atoms with Crippen molar-refractivity contribution in [2.24, 2.45) is 0 Å². The summed E-state index contributed by atoms with van der Waals surface area (Å²) in [6, 6.07) is 6.53. The van der Waals surface area contributed by atoms with Crippen molar-refractivity contribution < 1.29 is 9.18 Å². The van der Waals surface area contributed by atoms with E-state index in [0.29, 0.717) is 24.7 Å². The Morgan fingerprint density at radius 3 is 2.94 bits per heavy atom. The number of rotatable bonds is 5. The van der Waals surface area contributed by atoms with E-state index in [-0.39, 0.29) is 11.7 Å². The van der Waals surface area contributed by atoms with E-state index in [1.165, 1.54) is 25.0 Å². The predicted octanol–water partition coefficient (Wildman–Crippen LogP) is 1.91. The number of carbonyl (C=O) groups excluding carboxylic acids is 1. The largest absolute Gasteiger partial charge is 0.326 e. The maximum absolute atomic E-state index is 12.8. The van der Waals surface area contributed by atoms with E-state index < -0.39 is 0 Å². The van der Waals surface area contributed by atoms with Gasteiger partial charge in [-0.1, -0.05) is 6.07 Å². The van der Waals surface area contributed by atoms with Crippen LogP contribution in [0.1, 0.15) is 19.3 Å². The highest BCUT2D eigenvalue weighted by atomic mass is 19.1. The number of carbonyl (C=O) groups is 1. The average Bonchev–Trinajstić information content (AvgIpc) is 3.01. The molecule has 2 N–H and O–H groups in total. The van der Waals surface area contributed by atoms with Crippen LogP contribution in [0.25, 0.3) is 0 Å². The molecule has 86 valence electrons. The summed E-state index contributed by atoms with van der Waals surface area (Å²) >= 11 is 0. The van der Waals surface area contributed by atoms with Gasteiger partial charge >= 0.3 is 0 Å². The summed E-state index contributed by atoms with van der Waals surface area (Å²) < 4.78 is 12.8. The number of benzene rings is 1. The maximum Gasteiger partial charge on any atom is 0.225 e. The van der Waals surface area contributed by atoms with Gasteiger partial charge in [-0.2, -0.15) is 0 Å². The minimum absolute atomic E-state index is 0.0845. The number of hydrogen-bond acceptors (Lipinski definition) is 2. The van der Waals surface area contributed by atoms with E-state index in [1.807, 2.05) is 0 Å². The first kappa shape index (κ1) is 11.1. The molecule has 1 fully saturated rings. The molecule has 1 aliphatic rings. The average molecular weight is 222 g/mol. The van der Waals surface area contributed by atoms with Gasteiger partial charge < -0.3 is 10.6 Å². The van der Waals surface area contributed by atoms with Crippen LogP contribution in [0, 0.1) is 5.82 Å². The van der Waals surface area contributed by atoms with Gasteiger partial charge in [0.1, 0.15) is 5.82 Å². The number of hydrogen-bond donors (Lipinski definition) is 2. The highest BCUT2D eigenvalue weighted by molar-refractivity contribution is 5.90. The highest BCUT2D eigenvalue weighted by Gasteiger charge is 2.20. The number of halogens is 1. The Bertz CT molecular complexity index is 377. The first-order chi connectivity index (χ1) is 7.74. The Morgan fingerprint density at radius 1 is 1.44 bits per heavy atom. The molecule has 0 heterocycles. The van der Waals surface area contributed by atoms with Crippen LogP contribution in [-0.4, -0.2) is 18.5 Å². The van der Waals surface area contributed by atoms with Crippen molar-refractivity contribution in [1.82, 2.24) is 5.32 Å². The second-order valence-corrected chi connectivity index (χ2v) is 4.04. The zero-order valence-electron chi connectivity index (χ0n) is 9.00. The lowest BCUT2D eigenvalue weighted by Crippen LogP contribution is -2.23. The van der Waals surface area contributed by atoms with Crippen molar-refractivity contribution in [3.63, 3.8) is 0 Å². The molecule has 1 aromatic rings. The molecule has 1 aliphatic carbocycles. The van der Waals surface area contributed by atoms with Crippen LogP contribution >= 0.6 is 0 Å². The van der Waals surface area contributed by atoms with E-state index >= 15 is 0 Å². The van der Waals surface area contributed by atoms with E-state index in [2.05, 4.69) is 10.6 Å². The third-order valence-corrected chi connectivity index (χ3v) is 2.47. The Hall–Kier alpha value is -1.42. The molecule has 0 bridgehead atoms. The van der Waals surface area contributed by atoms with Crippen LogP contribution in [0.2, 0.25) is 0 Å². The van der Waals surface area contributed by atoms with E-state index in [4.69, 9.17) is 0 Å². The summed E-state index contributed by atoms with van der Waals surface area (Å²) in [6.45, 7) is 0.686. The Labute approximate surface area is 94.0 Å². The van der Waals surface area contributed by atoms with Crippen LogP contribution in [0.3, 0.4) is 0 Å². The quantitative estimate of drug-likeness (QED) is 0.799. The van der Waals surface area contributed by atoms with Gasteiger partial charge in [0.05, 0.1) is 0 Å². The van der Waals surface area contributed by atoms with Crippen LogP contribution in [0.15, 0.2) is 24.3 Å². The lowest BCUT2D eigenvalue weighted by Gasteiger charge is -2.05. The summed E-state index contributed by atoms with van der Waals surface area (Å²) in [5.74, 6) is -0.423. The summed E-state index contributed by atoms with van der Waals surface area (Å²) in [5, 5.41) is 5.91. The number of amides is 1. The monoisotopic (exact) mass is 222 g/mol. The van der Waals surface area contributed by atoms with Crippen molar-refractivity contribution in [1.29, 1.82) is 0 Å². The van der Waals surface area contributed by atoms with E-state index in [9.17, 15) is 9.18 Å². The molecule has 4 heteroatoms. The Morgan fingerprint density at radius 2 is 2.25 bits per heavy atom. The molecule has 0 atom stereocenters. The van der Waals surface area contributed by atoms with Gasteiger partial charge in [-0.3, -0.25) is 4.79 Å². The first-order valence-electron chi connectivity index (χ1n) is 5.53. The molecule has 0 spiro atoms. The van der Waals surface area contributed by atoms with Gasteiger partial charge in [0, 0.05) is 24.7 Å². The summed E-state index contributed by atoms with van der Waals surface area (Å²) in [7, 11) is 0. The van der Waals surface area contributed by atoms with E-state index in [1.54, 1.807) is 12.1 Å². The zero-order chi connectivity index (χ0) is 11.4. The summed E-state index contributed by atoms with van der Waals surface area (Å²) in [6.07, 6.45) is 2.85. The number of anilines is 1. The Balaban J connectivity index is 1.73. The van der Waals surface area contributed by atoms with Gasteiger partial charge in [0.25, 0.3) is 0 Å². The van der Waals surface area contributed by atoms with Crippen LogP contribution in [0.4, 0.5) is 10.1 Å². The van der Waals surface area contributed by atoms with Gasteiger partial charge in [-0.15, -0.1) is 0 Å². The molecular weight excluding hydrogens is 207 g/mol. The standard InChI is InChI=1S/C12H15FN2O/c13-9-2-1-3-11(8-9)15-12(16)6-7-14-10-4-5-10/h1-3,8,10,14H,4-7H2,(H,15,16). The fourth-order valence-corrected chi connectivity index (χ4v) is 1.47. The van der Waals surface area contributed by atoms with Gasteiger partial charge in [-0.25, -0.2) is 4.39 Å².